The lowest BCUT2D eigenvalue weighted by Crippen LogP contribution is -2.30. The summed E-state index contributed by atoms with van der Waals surface area (Å²) in [4.78, 5) is 11.2. The monoisotopic (exact) mass is 298 g/mol. The molecule has 1 aromatic heterocycles. The number of halogens is 1. The van der Waals surface area contributed by atoms with Crippen LogP contribution in [0.1, 0.15) is 31.5 Å². The molecule has 1 aromatic rings. The predicted molar refractivity (Wildman–Crippen MR) is 73.3 cm³/mol. The van der Waals surface area contributed by atoms with Gasteiger partial charge in [0.25, 0.3) is 0 Å². The van der Waals surface area contributed by atoms with Crippen LogP contribution in [0.15, 0.2) is 10.7 Å². The minimum atomic E-state index is 0.374. The van der Waals surface area contributed by atoms with E-state index in [4.69, 9.17) is 0 Å². The van der Waals surface area contributed by atoms with Crippen LogP contribution in [-0.4, -0.2) is 41.5 Å². The summed E-state index contributed by atoms with van der Waals surface area (Å²) in [6.07, 6.45) is 2.45. The maximum Gasteiger partial charge on any atom is 0.135 e. The first-order chi connectivity index (χ1) is 8.04. The first-order valence-electron chi connectivity index (χ1n) is 6.00. The van der Waals surface area contributed by atoms with Crippen molar-refractivity contribution in [2.45, 2.75) is 31.7 Å². The largest absolute Gasteiger partial charge is 0.366 e. The van der Waals surface area contributed by atoms with Gasteiger partial charge in [-0.3, -0.25) is 0 Å². The fourth-order valence-corrected chi connectivity index (χ4v) is 2.28. The zero-order valence-corrected chi connectivity index (χ0v) is 12.2. The Bertz CT molecular complexity index is 390. The molecular formula is C12H19BrN4. The summed E-state index contributed by atoms with van der Waals surface area (Å²) in [6.45, 7) is 3.15. The SMILES string of the molecule is CC(CN(C)C)Nc1cc(Br)nc(C2CC2)n1. The molecule has 2 rings (SSSR count). The van der Waals surface area contributed by atoms with Crippen molar-refractivity contribution in [3.05, 3.63) is 16.5 Å². The third-order valence-corrected chi connectivity index (χ3v) is 3.09. The van der Waals surface area contributed by atoms with E-state index in [1.807, 2.05) is 6.07 Å². The average molecular weight is 299 g/mol. The minimum absolute atomic E-state index is 0.374. The molecule has 1 fully saturated rings. The fraction of sp³-hybridized carbons (Fsp3) is 0.667. The van der Waals surface area contributed by atoms with Gasteiger partial charge in [-0.2, -0.15) is 0 Å². The Labute approximate surface area is 111 Å². The van der Waals surface area contributed by atoms with Crippen LogP contribution in [0.25, 0.3) is 0 Å². The minimum Gasteiger partial charge on any atom is -0.366 e. The number of hydrogen-bond donors (Lipinski definition) is 1. The summed E-state index contributed by atoms with van der Waals surface area (Å²) < 4.78 is 0.869. The maximum absolute atomic E-state index is 4.57. The van der Waals surface area contributed by atoms with Crippen molar-refractivity contribution in [2.24, 2.45) is 0 Å². The highest BCUT2D eigenvalue weighted by molar-refractivity contribution is 9.10. The first-order valence-corrected chi connectivity index (χ1v) is 6.79. The van der Waals surface area contributed by atoms with Gasteiger partial charge in [0, 0.05) is 24.6 Å². The molecule has 0 aliphatic heterocycles. The molecule has 5 heteroatoms. The van der Waals surface area contributed by atoms with E-state index in [0.29, 0.717) is 12.0 Å². The topological polar surface area (TPSA) is 41.0 Å². The van der Waals surface area contributed by atoms with Gasteiger partial charge >= 0.3 is 0 Å². The molecule has 4 nitrogen and oxygen atoms in total. The zero-order chi connectivity index (χ0) is 12.4. The molecule has 0 amide bonds. The fourth-order valence-electron chi connectivity index (χ4n) is 1.88. The molecule has 0 spiro atoms. The summed E-state index contributed by atoms with van der Waals surface area (Å²) in [5, 5.41) is 3.41. The standard InChI is InChI=1S/C12H19BrN4/c1-8(7-17(2)3)14-11-6-10(13)15-12(16-11)9-4-5-9/h6,8-9H,4-5,7H2,1-3H3,(H,14,15,16). The van der Waals surface area contributed by atoms with E-state index in [9.17, 15) is 0 Å². The molecule has 0 bridgehead atoms. The van der Waals surface area contributed by atoms with E-state index in [0.717, 1.165) is 22.8 Å². The molecule has 0 saturated heterocycles. The summed E-state index contributed by atoms with van der Waals surface area (Å²) >= 11 is 3.45. The highest BCUT2D eigenvalue weighted by atomic mass is 79.9. The van der Waals surface area contributed by atoms with Gasteiger partial charge in [0.15, 0.2) is 0 Å². The van der Waals surface area contributed by atoms with E-state index in [1.165, 1.54) is 12.8 Å². The van der Waals surface area contributed by atoms with E-state index >= 15 is 0 Å². The van der Waals surface area contributed by atoms with E-state index in [2.05, 4.69) is 57.1 Å². The third kappa shape index (κ3) is 3.92. The molecule has 1 heterocycles. The van der Waals surface area contributed by atoms with Crippen molar-refractivity contribution < 1.29 is 0 Å². The van der Waals surface area contributed by atoms with Crippen LogP contribution >= 0.6 is 15.9 Å². The van der Waals surface area contributed by atoms with Crippen LogP contribution in [0.3, 0.4) is 0 Å². The van der Waals surface area contributed by atoms with Gasteiger partial charge in [0.05, 0.1) is 0 Å². The number of anilines is 1. The molecule has 1 saturated carbocycles. The number of aromatic nitrogens is 2. The van der Waals surface area contributed by atoms with Gasteiger partial charge in [0.2, 0.25) is 0 Å². The van der Waals surface area contributed by atoms with Crippen LogP contribution < -0.4 is 5.32 Å². The number of nitrogens with one attached hydrogen (secondary N) is 1. The van der Waals surface area contributed by atoms with Gasteiger partial charge in [0.1, 0.15) is 16.2 Å². The quantitative estimate of drug-likeness (QED) is 0.848. The normalized spacial score (nSPS) is 17.2. The molecule has 1 aliphatic rings. The first kappa shape index (κ1) is 12.8. The Morgan fingerprint density at radius 2 is 2.18 bits per heavy atom. The Morgan fingerprint density at radius 1 is 1.47 bits per heavy atom. The van der Waals surface area contributed by atoms with Crippen LogP contribution in [0.5, 0.6) is 0 Å². The van der Waals surface area contributed by atoms with Gasteiger partial charge < -0.3 is 10.2 Å². The number of nitrogens with zero attached hydrogens (tertiary/aromatic N) is 3. The average Bonchev–Trinajstić information content (AvgIpc) is 2.97. The smallest absolute Gasteiger partial charge is 0.135 e. The third-order valence-electron chi connectivity index (χ3n) is 2.69. The molecular weight excluding hydrogens is 280 g/mol. The second-order valence-corrected chi connectivity index (χ2v) is 5.83. The number of likely N-dealkylation sites (N-methyl/N-ethyl adjacent to an activating group) is 1. The van der Waals surface area contributed by atoms with Crippen LogP contribution in [0.4, 0.5) is 5.82 Å². The lowest BCUT2D eigenvalue weighted by molar-refractivity contribution is 0.392. The van der Waals surface area contributed by atoms with Crippen LogP contribution in [0, 0.1) is 0 Å². The lowest BCUT2D eigenvalue weighted by atomic mass is 10.3. The Morgan fingerprint density at radius 3 is 2.76 bits per heavy atom. The van der Waals surface area contributed by atoms with E-state index in [-0.39, 0.29) is 0 Å². The summed E-state index contributed by atoms with van der Waals surface area (Å²) in [5.74, 6) is 2.47. The van der Waals surface area contributed by atoms with Crippen molar-refractivity contribution >= 4 is 21.7 Å². The molecule has 0 aromatic carbocycles. The molecule has 0 radical (unpaired) electrons. The number of hydrogen-bond acceptors (Lipinski definition) is 4. The molecule has 1 atom stereocenters. The molecule has 17 heavy (non-hydrogen) atoms. The van der Waals surface area contributed by atoms with Crippen molar-refractivity contribution in [3.8, 4) is 0 Å². The van der Waals surface area contributed by atoms with Crippen molar-refractivity contribution in [3.63, 3.8) is 0 Å². The van der Waals surface area contributed by atoms with Gasteiger partial charge in [-0.15, -0.1) is 0 Å². The van der Waals surface area contributed by atoms with Crippen LogP contribution in [-0.2, 0) is 0 Å². The predicted octanol–water partition coefficient (Wildman–Crippen LogP) is 2.48. The highest BCUT2D eigenvalue weighted by Gasteiger charge is 2.27. The van der Waals surface area contributed by atoms with Crippen molar-refractivity contribution in [2.75, 3.05) is 26.0 Å². The van der Waals surface area contributed by atoms with Crippen molar-refractivity contribution in [1.29, 1.82) is 0 Å². The Hall–Kier alpha value is -0.680. The lowest BCUT2D eigenvalue weighted by Gasteiger charge is -2.19. The van der Waals surface area contributed by atoms with Crippen LogP contribution in [0.2, 0.25) is 0 Å². The number of rotatable bonds is 5. The van der Waals surface area contributed by atoms with Gasteiger partial charge in [-0.05, 0) is 49.8 Å². The second-order valence-electron chi connectivity index (χ2n) is 5.02. The summed E-state index contributed by atoms with van der Waals surface area (Å²) in [7, 11) is 4.15. The molecule has 1 unspecified atom stereocenters. The van der Waals surface area contributed by atoms with Crippen molar-refractivity contribution in [1.82, 2.24) is 14.9 Å². The van der Waals surface area contributed by atoms with Gasteiger partial charge in [-0.25, -0.2) is 9.97 Å². The second kappa shape index (κ2) is 5.31. The highest BCUT2D eigenvalue weighted by Crippen LogP contribution is 2.38. The molecule has 1 N–H and O–H groups in total. The van der Waals surface area contributed by atoms with Gasteiger partial charge in [-0.1, -0.05) is 0 Å². The summed E-state index contributed by atoms with van der Waals surface area (Å²) in [5.41, 5.74) is 0. The molecule has 1 aliphatic carbocycles. The van der Waals surface area contributed by atoms with E-state index < -0.39 is 0 Å². The maximum atomic E-state index is 4.57. The zero-order valence-electron chi connectivity index (χ0n) is 10.6. The summed E-state index contributed by atoms with van der Waals surface area (Å²) in [6, 6.07) is 2.32. The Balaban J connectivity index is 2.04. The molecule has 94 valence electrons. The van der Waals surface area contributed by atoms with E-state index in [1.54, 1.807) is 0 Å². The Kier molecular flexibility index (Phi) is 3.99.